The molecule has 0 saturated carbocycles. The summed E-state index contributed by atoms with van der Waals surface area (Å²) >= 11 is 14.1. The molecule has 2 aliphatic rings. The van der Waals surface area contributed by atoms with Crippen LogP contribution in [0.15, 0.2) is 113 Å². The van der Waals surface area contributed by atoms with Crippen molar-refractivity contribution in [3.05, 3.63) is 160 Å². The Morgan fingerprint density at radius 2 is 1.78 bits per heavy atom. The van der Waals surface area contributed by atoms with Crippen molar-refractivity contribution in [2.24, 2.45) is 4.99 Å². The molecule has 1 unspecified atom stereocenters. The van der Waals surface area contributed by atoms with Gasteiger partial charge in [0.25, 0.3) is 5.56 Å². The highest BCUT2D eigenvalue weighted by atomic mass is 35.5. The van der Waals surface area contributed by atoms with E-state index in [4.69, 9.17) is 32.9 Å². The lowest BCUT2D eigenvalue weighted by Crippen LogP contribution is -2.38. The molecule has 0 spiro atoms. The maximum atomic E-state index is 14.4. The van der Waals surface area contributed by atoms with Crippen molar-refractivity contribution in [1.82, 2.24) is 9.13 Å². The largest absolute Gasteiger partial charge is 0.497 e. The number of thiazole rings is 1. The third-order valence-corrected chi connectivity index (χ3v) is 10.3. The highest BCUT2D eigenvalue weighted by Crippen LogP contribution is 2.41. The molecule has 4 aromatic carbocycles. The van der Waals surface area contributed by atoms with Crippen LogP contribution in [-0.2, 0) is 13.0 Å². The minimum Gasteiger partial charge on any atom is -0.497 e. The molecule has 2 aromatic heterocycles. The molecule has 0 fully saturated rings. The van der Waals surface area contributed by atoms with Gasteiger partial charge >= 0.3 is 0 Å². The first-order chi connectivity index (χ1) is 22.0. The fourth-order valence-electron chi connectivity index (χ4n) is 6.60. The van der Waals surface area contributed by atoms with Gasteiger partial charge in [0.1, 0.15) is 5.75 Å². The molecule has 1 atom stereocenters. The molecule has 0 radical (unpaired) electrons. The zero-order valence-electron chi connectivity index (χ0n) is 24.3. The quantitative estimate of drug-likeness (QED) is 0.193. The van der Waals surface area contributed by atoms with Crippen molar-refractivity contribution >= 4 is 57.2 Å². The van der Waals surface area contributed by atoms with E-state index in [-0.39, 0.29) is 11.6 Å². The van der Waals surface area contributed by atoms with Gasteiger partial charge in [-0.05, 0) is 71.5 Å². The van der Waals surface area contributed by atoms with E-state index >= 15 is 0 Å². The standard InChI is InChI=1S/C37H27Cl2N3O2S/c1-44-27-15-11-23(12-16-27)35-30-17-13-22-6-2-3-8-29(22)34(30)40-37-42(35)36(43)33(45-37)18-25-21-41(32-9-5-4-7-28(25)32)20-24-10-14-26(38)19-31(24)39/h2-12,14-16,18-19,21,35H,13,17,20H2,1H3/b33-18+. The second-order valence-electron chi connectivity index (χ2n) is 11.4. The molecule has 1 aliphatic carbocycles. The summed E-state index contributed by atoms with van der Waals surface area (Å²) in [6, 6.07) is 30.1. The molecule has 6 aromatic rings. The van der Waals surface area contributed by atoms with E-state index in [1.807, 2.05) is 47.0 Å². The van der Waals surface area contributed by atoms with Crippen molar-refractivity contribution in [2.45, 2.75) is 25.4 Å². The molecule has 5 nitrogen and oxygen atoms in total. The molecule has 1 aliphatic heterocycles. The minimum absolute atomic E-state index is 0.0393. The summed E-state index contributed by atoms with van der Waals surface area (Å²) in [7, 11) is 1.66. The van der Waals surface area contributed by atoms with E-state index in [0.29, 0.717) is 25.9 Å². The number of hydrogen-bond acceptors (Lipinski definition) is 4. The van der Waals surface area contributed by atoms with E-state index in [1.54, 1.807) is 13.2 Å². The Hall–Kier alpha value is -4.36. The first-order valence-corrected chi connectivity index (χ1v) is 16.3. The van der Waals surface area contributed by atoms with Crippen LogP contribution < -0.4 is 19.6 Å². The van der Waals surface area contributed by atoms with Gasteiger partial charge < -0.3 is 9.30 Å². The lowest BCUT2D eigenvalue weighted by atomic mass is 9.83. The lowest BCUT2D eigenvalue weighted by molar-refractivity contribution is 0.414. The number of allylic oxidation sites excluding steroid dienone is 1. The number of para-hydroxylation sites is 1. The van der Waals surface area contributed by atoms with Crippen LogP contribution in [0, 0.1) is 0 Å². The number of methoxy groups -OCH3 is 1. The summed E-state index contributed by atoms with van der Waals surface area (Å²) in [5.74, 6) is 0.783. The van der Waals surface area contributed by atoms with E-state index in [9.17, 15) is 4.79 Å². The Morgan fingerprint density at radius 1 is 0.978 bits per heavy atom. The summed E-state index contributed by atoms with van der Waals surface area (Å²) in [5, 5.41) is 2.29. The maximum Gasteiger partial charge on any atom is 0.271 e. The number of rotatable bonds is 5. The number of aryl methyl sites for hydroxylation is 1. The summed E-state index contributed by atoms with van der Waals surface area (Å²) < 4.78 is 10.1. The molecular formula is C37H27Cl2N3O2S. The van der Waals surface area contributed by atoms with Crippen LogP contribution in [0.4, 0.5) is 0 Å². The molecule has 45 heavy (non-hydrogen) atoms. The molecule has 0 amide bonds. The number of nitrogens with zero attached hydrogens (tertiary/aromatic N) is 3. The van der Waals surface area contributed by atoms with Crippen LogP contribution in [0.5, 0.6) is 5.75 Å². The molecule has 3 heterocycles. The van der Waals surface area contributed by atoms with E-state index in [2.05, 4.69) is 59.3 Å². The van der Waals surface area contributed by atoms with E-state index in [1.165, 1.54) is 22.5 Å². The van der Waals surface area contributed by atoms with Crippen molar-refractivity contribution in [2.75, 3.05) is 7.11 Å². The molecule has 0 N–H and O–H groups in total. The van der Waals surface area contributed by atoms with Gasteiger partial charge in [0, 0.05) is 44.8 Å². The molecule has 0 bridgehead atoms. The fraction of sp³-hybridized carbons (Fsp3) is 0.135. The second kappa shape index (κ2) is 11.2. The van der Waals surface area contributed by atoms with Crippen molar-refractivity contribution in [3.8, 4) is 5.75 Å². The van der Waals surface area contributed by atoms with Gasteiger partial charge in [-0.2, -0.15) is 0 Å². The zero-order chi connectivity index (χ0) is 30.7. The Balaban J connectivity index is 1.30. The summed E-state index contributed by atoms with van der Waals surface area (Å²) in [5.41, 5.74) is 8.61. The first-order valence-electron chi connectivity index (χ1n) is 14.8. The van der Waals surface area contributed by atoms with Crippen LogP contribution in [0.1, 0.15) is 40.3 Å². The van der Waals surface area contributed by atoms with Gasteiger partial charge in [-0.15, -0.1) is 0 Å². The fourth-order valence-corrected chi connectivity index (χ4v) is 8.06. The summed E-state index contributed by atoms with van der Waals surface area (Å²) in [6.07, 6.45) is 5.86. The number of aromatic nitrogens is 2. The topological polar surface area (TPSA) is 48.5 Å². The van der Waals surface area contributed by atoms with Crippen LogP contribution in [0.2, 0.25) is 10.0 Å². The normalized spacial score (nSPS) is 15.9. The molecule has 8 rings (SSSR count). The van der Waals surface area contributed by atoms with Crippen LogP contribution in [0.3, 0.4) is 0 Å². The van der Waals surface area contributed by atoms with Crippen molar-refractivity contribution in [1.29, 1.82) is 0 Å². The van der Waals surface area contributed by atoms with Crippen molar-refractivity contribution < 1.29 is 4.74 Å². The highest BCUT2D eigenvalue weighted by molar-refractivity contribution is 7.07. The third kappa shape index (κ3) is 4.85. The maximum absolute atomic E-state index is 14.4. The van der Waals surface area contributed by atoms with Crippen LogP contribution in [-0.4, -0.2) is 16.2 Å². The Labute approximate surface area is 273 Å². The SMILES string of the molecule is COc1ccc(C2C3=C(N=c4s/c(=C/c5cn(Cc6ccc(Cl)cc6Cl)c6ccccc56)c(=O)n42)c2ccccc2CC3)cc1. The Bertz CT molecular complexity index is 2350. The predicted octanol–water partition coefficient (Wildman–Crippen LogP) is 7.64. The third-order valence-electron chi connectivity index (χ3n) is 8.77. The zero-order valence-corrected chi connectivity index (χ0v) is 26.7. The molecule has 222 valence electrons. The number of benzene rings is 4. The van der Waals surface area contributed by atoms with Gasteiger partial charge in [-0.1, -0.05) is 95.2 Å². The first kappa shape index (κ1) is 28.1. The lowest BCUT2D eigenvalue weighted by Gasteiger charge is -2.30. The highest BCUT2D eigenvalue weighted by Gasteiger charge is 2.32. The average molecular weight is 649 g/mol. The van der Waals surface area contributed by atoms with E-state index in [0.717, 1.165) is 57.4 Å². The average Bonchev–Trinajstić information content (AvgIpc) is 3.57. The van der Waals surface area contributed by atoms with Gasteiger partial charge in [-0.25, -0.2) is 4.99 Å². The summed E-state index contributed by atoms with van der Waals surface area (Å²) in [4.78, 5) is 20.2. The molecular weight excluding hydrogens is 621 g/mol. The molecule has 8 heteroatoms. The minimum atomic E-state index is -0.244. The number of ether oxygens (including phenoxy) is 1. The predicted molar refractivity (Wildman–Crippen MR) is 183 cm³/mol. The molecule has 0 saturated heterocycles. The van der Waals surface area contributed by atoms with Gasteiger partial charge in [-0.3, -0.25) is 9.36 Å². The monoisotopic (exact) mass is 647 g/mol. The Morgan fingerprint density at radius 3 is 2.60 bits per heavy atom. The number of halogens is 2. The van der Waals surface area contributed by atoms with Gasteiger partial charge in [0.05, 0.1) is 23.4 Å². The van der Waals surface area contributed by atoms with Gasteiger partial charge in [0.2, 0.25) is 0 Å². The van der Waals surface area contributed by atoms with Crippen molar-refractivity contribution in [3.63, 3.8) is 0 Å². The van der Waals surface area contributed by atoms with Gasteiger partial charge in [0.15, 0.2) is 4.80 Å². The Kier molecular flexibility index (Phi) is 7.01. The van der Waals surface area contributed by atoms with E-state index < -0.39 is 0 Å². The van der Waals surface area contributed by atoms with Crippen LogP contribution in [0.25, 0.3) is 22.7 Å². The second-order valence-corrected chi connectivity index (χ2v) is 13.2. The smallest absolute Gasteiger partial charge is 0.271 e. The number of fused-ring (bicyclic) bond motifs is 4. The summed E-state index contributed by atoms with van der Waals surface area (Å²) in [6.45, 7) is 0.579. The number of hydrogen-bond donors (Lipinski definition) is 0. The van der Waals surface area contributed by atoms with Crippen LogP contribution >= 0.6 is 34.5 Å².